The number of carbonyl (C=O) groups is 2. The molecule has 59 heavy (non-hydrogen) atoms. The van der Waals surface area contributed by atoms with Crippen LogP contribution in [0.5, 0.6) is 0 Å². The molecule has 0 aromatic carbocycles. The molecule has 342 valence electrons. The SMILES string of the molecule is CC[C@H](O)/C=C/C=C\C/C=C\C/C=C\C/C=C\CCCC(=O)OC[C@H](COP(=O)(O)OC[C@@H](O)COP(=O)(O)O)OC(=O)CCCCCCCCCCCCCC(C)C. The maximum atomic E-state index is 12.6. The first-order valence-corrected chi connectivity index (χ1v) is 24.5. The van der Waals surface area contributed by atoms with E-state index in [1.165, 1.54) is 44.9 Å². The minimum Gasteiger partial charge on any atom is -0.462 e. The van der Waals surface area contributed by atoms with E-state index in [1.807, 2.05) is 37.3 Å². The van der Waals surface area contributed by atoms with Gasteiger partial charge in [0, 0.05) is 12.8 Å². The minimum absolute atomic E-state index is 0.102. The monoisotopic (exact) mass is 878 g/mol. The lowest BCUT2D eigenvalue weighted by molar-refractivity contribution is -0.161. The number of hydrogen-bond acceptors (Lipinski definition) is 11. The highest BCUT2D eigenvalue weighted by atomic mass is 31.2. The van der Waals surface area contributed by atoms with E-state index in [9.17, 15) is 33.8 Å². The number of rotatable bonds is 39. The lowest BCUT2D eigenvalue weighted by Crippen LogP contribution is -2.30. The molecule has 16 heteroatoms. The average molecular weight is 879 g/mol. The second kappa shape index (κ2) is 37.5. The highest BCUT2D eigenvalue weighted by molar-refractivity contribution is 7.47. The summed E-state index contributed by atoms with van der Waals surface area (Å²) in [5.74, 6) is -0.348. The number of esters is 2. The number of unbranched alkanes of at least 4 members (excludes halogenated alkanes) is 11. The predicted octanol–water partition coefficient (Wildman–Crippen LogP) is 9.67. The van der Waals surface area contributed by atoms with Crippen molar-refractivity contribution in [3.8, 4) is 0 Å². The van der Waals surface area contributed by atoms with Crippen LogP contribution in [0.1, 0.15) is 149 Å². The Morgan fingerprint density at radius 3 is 1.68 bits per heavy atom. The smallest absolute Gasteiger partial charge is 0.462 e. The second-order valence-corrected chi connectivity index (χ2v) is 17.6. The molecule has 0 spiro atoms. The minimum atomic E-state index is -4.87. The summed E-state index contributed by atoms with van der Waals surface area (Å²) in [6.07, 6.45) is 34.7. The lowest BCUT2D eigenvalue weighted by Gasteiger charge is -2.20. The van der Waals surface area contributed by atoms with Gasteiger partial charge in [-0.2, -0.15) is 0 Å². The van der Waals surface area contributed by atoms with Crippen molar-refractivity contribution in [1.82, 2.24) is 0 Å². The molecule has 0 amide bonds. The van der Waals surface area contributed by atoms with Crippen LogP contribution in [0.4, 0.5) is 0 Å². The number of phosphoric acid groups is 2. The van der Waals surface area contributed by atoms with E-state index in [4.69, 9.17) is 23.8 Å². The largest absolute Gasteiger partial charge is 0.472 e. The molecule has 0 radical (unpaired) electrons. The Balaban J connectivity index is 4.63. The number of allylic oxidation sites excluding steroid dienone is 9. The molecule has 0 aromatic rings. The van der Waals surface area contributed by atoms with Crippen LogP contribution in [0, 0.1) is 5.92 Å². The summed E-state index contributed by atoms with van der Waals surface area (Å²) < 4.78 is 47.7. The van der Waals surface area contributed by atoms with E-state index in [-0.39, 0.29) is 12.8 Å². The zero-order chi connectivity index (χ0) is 44.0. The van der Waals surface area contributed by atoms with Gasteiger partial charge in [-0.25, -0.2) is 9.13 Å². The summed E-state index contributed by atoms with van der Waals surface area (Å²) in [5.41, 5.74) is 0. The molecule has 0 heterocycles. The molecule has 14 nitrogen and oxygen atoms in total. The Morgan fingerprint density at radius 2 is 1.10 bits per heavy atom. The predicted molar refractivity (Wildman–Crippen MR) is 231 cm³/mol. The zero-order valence-corrected chi connectivity index (χ0v) is 37.6. The van der Waals surface area contributed by atoms with Crippen molar-refractivity contribution in [2.75, 3.05) is 26.4 Å². The Morgan fingerprint density at radius 1 is 0.593 bits per heavy atom. The van der Waals surface area contributed by atoms with E-state index >= 15 is 0 Å². The number of ether oxygens (including phenoxy) is 2. The van der Waals surface area contributed by atoms with Crippen LogP contribution in [0.15, 0.2) is 60.8 Å². The number of phosphoric ester groups is 2. The van der Waals surface area contributed by atoms with E-state index < -0.39 is 72.3 Å². The first-order chi connectivity index (χ1) is 28.1. The third-order valence-corrected chi connectivity index (χ3v) is 10.2. The fourth-order valence-electron chi connectivity index (χ4n) is 5.34. The number of aliphatic hydroxyl groups is 2. The maximum Gasteiger partial charge on any atom is 0.472 e. The first-order valence-electron chi connectivity index (χ1n) is 21.4. The summed E-state index contributed by atoms with van der Waals surface area (Å²) in [5, 5.41) is 19.2. The van der Waals surface area contributed by atoms with Crippen molar-refractivity contribution in [3.05, 3.63) is 60.8 Å². The van der Waals surface area contributed by atoms with Gasteiger partial charge in [0.15, 0.2) is 6.10 Å². The van der Waals surface area contributed by atoms with E-state index in [1.54, 1.807) is 6.08 Å². The van der Waals surface area contributed by atoms with E-state index in [0.717, 1.165) is 50.9 Å². The lowest BCUT2D eigenvalue weighted by atomic mass is 10.0. The van der Waals surface area contributed by atoms with Gasteiger partial charge in [-0.05, 0) is 50.9 Å². The van der Waals surface area contributed by atoms with Gasteiger partial charge < -0.3 is 34.4 Å². The summed E-state index contributed by atoms with van der Waals surface area (Å²) in [6.45, 7) is 3.65. The summed E-state index contributed by atoms with van der Waals surface area (Å²) in [4.78, 5) is 52.6. The van der Waals surface area contributed by atoms with Gasteiger partial charge in [0.1, 0.15) is 12.7 Å². The fraction of sp³-hybridized carbons (Fsp3) is 0.721. The van der Waals surface area contributed by atoms with Gasteiger partial charge in [0.05, 0.1) is 25.9 Å². The Labute approximate surface area is 354 Å². The Kier molecular flexibility index (Phi) is 36.1. The summed E-state index contributed by atoms with van der Waals surface area (Å²) >= 11 is 0. The number of aliphatic hydroxyl groups excluding tert-OH is 2. The highest BCUT2D eigenvalue weighted by Gasteiger charge is 2.28. The molecule has 0 aromatic heterocycles. The van der Waals surface area contributed by atoms with Gasteiger partial charge >= 0.3 is 27.6 Å². The van der Waals surface area contributed by atoms with Gasteiger partial charge in [0.25, 0.3) is 0 Å². The second-order valence-electron chi connectivity index (χ2n) is 14.9. The van der Waals surface area contributed by atoms with Crippen molar-refractivity contribution < 1.29 is 66.7 Å². The van der Waals surface area contributed by atoms with Gasteiger partial charge in [-0.3, -0.25) is 23.2 Å². The van der Waals surface area contributed by atoms with E-state index in [0.29, 0.717) is 25.7 Å². The zero-order valence-electron chi connectivity index (χ0n) is 35.9. The van der Waals surface area contributed by atoms with E-state index in [2.05, 4.69) is 47.2 Å². The molecule has 0 rings (SSSR count). The first kappa shape index (κ1) is 56.8. The molecule has 0 aliphatic heterocycles. The van der Waals surface area contributed by atoms with Crippen LogP contribution in [0.2, 0.25) is 0 Å². The van der Waals surface area contributed by atoms with Crippen molar-refractivity contribution >= 4 is 27.6 Å². The topological polar surface area (TPSA) is 216 Å². The third-order valence-electron chi connectivity index (χ3n) is 8.75. The molecule has 0 saturated heterocycles. The fourth-order valence-corrected chi connectivity index (χ4v) is 6.50. The van der Waals surface area contributed by atoms with Crippen LogP contribution in [0.3, 0.4) is 0 Å². The van der Waals surface area contributed by atoms with Crippen LogP contribution in [0.25, 0.3) is 0 Å². The molecule has 4 atom stereocenters. The Bertz CT molecular complexity index is 1310. The third kappa shape index (κ3) is 42.3. The van der Waals surface area contributed by atoms with Crippen LogP contribution in [-0.2, 0) is 41.8 Å². The molecular weight excluding hydrogens is 802 g/mol. The summed E-state index contributed by atoms with van der Waals surface area (Å²) in [7, 11) is -9.70. The number of carbonyl (C=O) groups excluding carboxylic acids is 2. The summed E-state index contributed by atoms with van der Waals surface area (Å²) in [6, 6.07) is 0. The molecule has 0 aliphatic carbocycles. The van der Waals surface area contributed by atoms with Gasteiger partial charge in [0.2, 0.25) is 0 Å². The van der Waals surface area contributed by atoms with Gasteiger partial charge in [-0.1, -0.05) is 152 Å². The highest BCUT2D eigenvalue weighted by Crippen LogP contribution is 2.43. The van der Waals surface area contributed by atoms with Crippen molar-refractivity contribution in [1.29, 1.82) is 0 Å². The standard InChI is InChI=1S/C43H76O14P2/c1-4-39(44)31-27-23-19-15-11-7-5-6-8-12-16-20-24-28-32-42(46)53-36-41(37-56-59(51,52)55-35-40(45)34-54-58(48,49)50)57-43(47)33-29-25-21-17-13-9-10-14-18-22-26-30-38(2)3/h6-8,11,16,19-20,23,27,31,38-41,44-45H,4-5,9-10,12-15,17-18,21-22,24-26,28-30,32-37H2,1-3H3,(H,51,52)(H2,48,49,50)/b8-6-,11-7-,20-16-,23-19-,31-27+/t39-,40-,41+/m0/s1. The van der Waals surface area contributed by atoms with Crippen molar-refractivity contribution in [3.63, 3.8) is 0 Å². The molecule has 0 saturated carbocycles. The average Bonchev–Trinajstić information content (AvgIpc) is 3.18. The normalized spacial score (nSPS) is 15.3. The molecular formula is C43H76O14P2. The van der Waals surface area contributed by atoms with Crippen LogP contribution in [-0.4, -0.2) is 81.6 Å². The quantitative estimate of drug-likeness (QED) is 0.0128. The van der Waals surface area contributed by atoms with Crippen LogP contribution < -0.4 is 0 Å². The maximum absolute atomic E-state index is 12.6. The van der Waals surface area contributed by atoms with Crippen LogP contribution >= 0.6 is 15.6 Å². The van der Waals surface area contributed by atoms with Gasteiger partial charge in [-0.15, -0.1) is 0 Å². The molecule has 5 N–H and O–H groups in total. The number of hydrogen-bond donors (Lipinski definition) is 5. The van der Waals surface area contributed by atoms with Crippen molar-refractivity contribution in [2.45, 2.75) is 167 Å². The molecule has 0 aliphatic rings. The molecule has 0 fully saturated rings. The molecule has 0 bridgehead atoms. The molecule has 1 unspecified atom stereocenters. The van der Waals surface area contributed by atoms with Crippen molar-refractivity contribution in [2.24, 2.45) is 5.92 Å². The Hall–Kier alpha value is -2.22.